The molecule has 6 heteroatoms. The maximum Gasteiger partial charge on any atom is 0.270 e. The fraction of sp³-hybridized carbons (Fsp3) is 0.125. The number of hydrogen-bond donors (Lipinski definition) is 1. The lowest BCUT2D eigenvalue weighted by atomic mass is 10.1. The summed E-state index contributed by atoms with van der Waals surface area (Å²) in [5, 5.41) is 14.7. The molecule has 0 aliphatic rings. The van der Waals surface area contributed by atoms with E-state index in [0.717, 1.165) is 12.1 Å². The van der Waals surface area contributed by atoms with Gasteiger partial charge in [0.25, 0.3) is 5.69 Å². The van der Waals surface area contributed by atoms with Crippen molar-refractivity contribution in [1.29, 1.82) is 0 Å². The summed E-state index contributed by atoms with van der Waals surface area (Å²) < 4.78 is 0. The van der Waals surface area contributed by atoms with Gasteiger partial charge in [-0.15, -0.1) is 0 Å². The number of hydrogen-bond acceptors (Lipinski definition) is 5. The summed E-state index contributed by atoms with van der Waals surface area (Å²) >= 11 is 0. The van der Waals surface area contributed by atoms with Crippen LogP contribution in [-0.4, -0.2) is 14.9 Å². The minimum absolute atomic E-state index is 0.0201. The lowest BCUT2D eigenvalue weighted by molar-refractivity contribution is -0.384. The van der Waals surface area contributed by atoms with E-state index in [2.05, 4.69) is 22.2 Å². The van der Waals surface area contributed by atoms with Gasteiger partial charge in [-0.25, -0.2) is 9.97 Å². The van der Waals surface area contributed by atoms with Gasteiger partial charge in [-0.05, 0) is 30.2 Å². The summed E-state index contributed by atoms with van der Waals surface area (Å²) in [6.07, 6.45) is 2.42. The van der Waals surface area contributed by atoms with Gasteiger partial charge in [-0.1, -0.05) is 19.1 Å². The van der Waals surface area contributed by atoms with Gasteiger partial charge in [0, 0.05) is 23.2 Å². The number of non-ortho nitro benzene ring substituents is 1. The Balaban J connectivity index is 2.01. The number of nitrogens with zero attached hydrogens (tertiary/aromatic N) is 3. The maximum atomic E-state index is 10.9. The summed E-state index contributed by atoms with van der Waals surface area (Å²) in [6, 6.07) is 12.5. The van der Waals surface area contributed by atoms with Crippen molar-refractivity contribution in [3.8, 4) is 0 Å². The Hall–Kier alpha value is -3.02. The molecule has 2 aromatic carbocycles. The van der Waals surface area contributed by atoms with Gasteiger partial charge >= 0.3 is 0 Å². The van der Waals surface area contributed by atoms with Gasteiger partial charge in [0.1, 0.15) is 12.1 Å². The molecule has 110 valence electrons. The molecule has 0 aliphatic heterocycles. The molecule has 3 aromatic rings. The number of nitro groups is 1. The first-order valence-corrected chi connectivity index (χ1v) is 6.92. The van der Waals surface area contributed by atoms with Crippen molar-refractivity contribution in [1.82, 2.24) is 9.97 Å². The molecule has 1 aromatic heterocycles. The van der Waals surface area contributed by atoms with Gasteiger partial charge in [0.15, 0.2) is 0 Å². The van der Waals surface area contributed by atoms with Crippen molar-refractivity contribution in [3.63, 3.8) is 0 Å². The second kappa shape index (κ2) is 5.77. The Morgan fingerprint density at radius 1 is 1.14 bits per heavy atom. The van der Waals surface area contributed by atoms with Crippen LogP contribution >= 0.6 is 0 Å². The first-order valence-electron chi connectivity index (χ1n) is 6.92. The average Bonchev–Trinajstić information content (AvgIpc) is 2.55. The monoisotopic (exact) mass is 294 g/mol. The van der Waals surface area contributed by atoms with Crippen LogP contribution in [0.5, 0.6) is 0 Å². The highest BCUT2D eigenvalue weighted by Gasteiger charge is 2.10. The molecule has 1 N–H and O–H groups in total. The molecule has 0 amide bonds. The lowest BCUT2D eigenvalue weighted by Crippen LogP contribution is -1.97. The Labute approximate surface area is 127 Å². The average molecular weight is 294 g/mol. The Morgan fingerprint density at radius 3 is 2.59 bits per heavy atom. The smallest absolute Gasteiger partial charge is 0.270 e. The minimum atomic E-state index is -0.424. The van der Waals surface area contributed by atoms with Crippen LogP contribution in [0.3, 0.4) is 0 Å². The second-order valence-corrected chi connectivity index (χ2v) is 4.86. The molecule has 0 fully saturated rings. The van der Waals surface area contributed by atoms with E-state index in [1.807, 2.05) is 24.3 Å². The third-order valence-electron chi connectivity index (χ3n) is 3.45. The SMILES string of the molecule is CCc1ccc(Nc2ncnc3ccc([N+](=O)[O-])cc23)cc1. The van der Waals surface area contributed by atoms with Crippen LogP contribution in [0, 0.1) is 10.1 Å². The molecule has 6 nitrogen and oxygen atoms in total. The Kier molecular flexibility index (Phi) is 3.65. The van der Waals surface area contributed by atoms with Gasteiger partial charge in [0.05, 0.1) is 10.4 Å². The summed E-state index contributed by atoms with van der Waals surface area (Å²) in [7, 11) is 0. The third kappa shape index (κ3) is 2.71. The zero-order chi connectivity index (χ0) is 15.5. The molecular formula is C16H14N4O2. The number of nitrogens with one attached hydrogen (secondary N) is 1. The fourth-order valence-corrected chi connectivity index (χ4v) is 2.22. The third-order valence-corrected chi connectivity index (χ3v) is 3.45. The van der Waals surface area contributed by atoms with E-state index < -0.39 is 4.92 Å². The number of rotatable bonds is 4. The van der Waals surface area contributed by atoms with Crippen LogP contribution < -0.4 is 5.32 Å². The summed E-state index contributed by atoms with van der Waals surface area (Å²) in [4.78, 5) is 18.8. The van der Waals surface area contributed by atoms with E-state index in [1.54, 1.807) is 6.07 Å². The highest BCUT2D eigenvalue weighted by molar-refractivity contribution is 5.92. The Morgan fingerprint density at radius 2 is 1.91 bits per heavy atom. The molecule has 0 saturated carbocycles. The molecule has 0 radical (unpaired) electrons. The number of fused-ring (bicyclic) bond motifs is 1. The molecule has 22 heavy (non-hydrogen) atoms. The van der Waals surface area contributed by atoms with Crippen molar-refractivity contribution in [2.24, 2.45) is 0 Å². The Bertz CT molecular complexity index is 831. The van der Waals surface area contributed by atoms with Crippen LogP contribution in [0.4, 0.5) is 17.2 Å². The maximum absolute atomic E-state index is 10.9. The summed E-state index contributed by atoms with van der Waals surface area (Å²) in [5.74, 6) is 0.554. The number of nitro benzene ring substituents is 1. The van der Waals surface area contributed by atoms with E-state index in [9.17, 15) is 10.1 Å². The number of anilines is 2. The quantitative estimate of drug-likeness (QED) is 0.584. The molecule has 0 bridgehead atoms. The minimum Gasteiger partial charge on any atom is -0.340 e. The predicted molar refractivity (Wildman–Crippen MR) is 85.3 cm³/mol. The molecule has 1 heterocycles. The van der Waals surface area contributed by atoms with Crippen molar-refractivity contribution in [2.75, 3.05) is 5.32 Å². The fourth-order valence-electron chi connectivity index (χ4n) is 2.22. The standard InChI is InChI=1S/C16H14N4O2/c1-2-11-3-5-12(6-4-11)19-16-14-9-13(20(21)22)7-8-15(14)17-10-18-16/h3-10H,2H2,1H3,(H,17,18,19). The van der Waals surface area contributed by atoms with Gasteiger partial charge in [-0.2, -0.15) is 0 Å². The van der Waals surface area contributed by atoms with Crippen molar-refractivity contribution in [2.45, 2.75) is 13.3 Å². The molecule has 3 rings (SSSR count). The number of benzene rings is 2. The molecule has 0 unspecified atom stereocenters. The first-order chi connectivity index (χ1) is 10.7. The van der Waals surface area contributed by atoms with Crippen molar-refractivity contribution < 1.29 is 4.92 Å². The molecule has 0 spiro atoms. The summed E-state index contributed by atoms with van der Waals surface area (Å²) in [5.41, 5.74) is 2.80. The topological polar surface area (TPSA) is 81.0 Å². The molecule has 0 aliphatic carbocycles. The van der Waals surface area contributed by atoms with Gasteiger partial charge in [0.2, 0.25) is 0 Å². The van der Waals surface area contributed by atoms with Crippen LogP contribution in [0.25, 0.3) is 10.9 Å². The zero-order valence-electron chi connectivity index (χ0n) is 12.0. The van der Waals surface area contributed by atoms with E-state index in [-0.39, 0.29) is 5.69 Å². The molecular weight excluding hydrogens is 280 g/mol. The van der Waals surface area contributed by atoms with Gasteiger partial charge < -0.3 is 5.32 Å². The van der Waals surface area contributed by atoms with E-state index in [4.69, 9.17) is 0 Å². The second-order valence-electron chi connectivity index (χ2n) is 4.86. The van der Waals surface area contributed by atoms with Crippen LogP contribution in [0.15, 0.2) is 48.8 Å². The highest BCUT2D eigenvalue weighted by Crippen LogP contribution is 2.26. The molecule has 0 saturated heterocycles. The largest absolute Gasteiger partial charge is 0.340 e. The van der Waals surface area contributed by atoms with Crippen molar-refractivity contribution in [3.05, 3.63) is 64.5 Å². The highest BCUT2D eigenvalue weighted by atomic mass is 16.6. The van der Waals surface area contributed by atoms with Gasteiger partial charge in [-0.3, -0.25) is 10.1 Å². The summed E-state index contributed by atoms with van der Waals surface area (Å²) in [6.45, 7) is 2.10. The first kappa shape index (κ1) is 13.9. The predicted octanol–water partition coefficient (Wildman–Crippen LogP) is 3.84. The van der Waals surface area contributed by atoms with E-state index in [1.165, 1.54) is 24.0 Å². The number of aromatic nitrogens is 2. The van der Waals surface area contributed by atoms with Crippen LogP contribution in [0.2, 0.25) is 0 Å². The normalized spacial score (nSPS) is 10.6. The zero-order valence-corrected chi connectivity index (χ0v) is 12.0. The molecule has 0 atom stereocenters. The lowest BCUT2D eigenvalue weighted by Gasteiger charge is -2.08. The van der Waals surface area contributed by atoms with E-state index >= 15 is 0 Å². The van der Waals surface area contributed by atoms with Crippen molar-refractivity contribution >= 4 is 28.1 Å². The number of aryl methyl sites for hydroxylation is 1. The van der Waals surface area contributed by atoms with E-state index in [0.29, 0.717) is 16.7 Å². The van der Waals surface area contributed by atoms with Crippen LogP contribution in [-0.2, 0) is 6.42 Å². The van der Waals surface area contributed by atoms with Crippen LogP contribution in [0.1, 0.15) is 12.5 Å².